The fourth-order valence-corrected chi connectivity index (χ4v) is 4.06. The first-order valence-corrected chi connectivity index (χ1v) is 9.07. The third kappa shape index (κ3) is 5.64. The number of benzene rings is 1. The summed E-state index contributed by atoms with van der Waals surface area (Å²) in [4.78, 5) is 0. The first-order chi connectivity index (χ1) is 8.54. The highest BCUT2D eigenvalue weighted by molar-refractivity contribution is 9.11. The number of halogens is 2. The molecule has 0 bridgehead atoms. The molecule has 18 heavy (non-hydrogen) atoms. The lowest BCUT2D eigenvalue weighted by atomic mass is 10.1. The van der Waals surface area contributed by atoms with Crippen molar-refractivity contribution in [1.29, 1.82) is 0 Å². The molecule has 0 aliphatic carbocycles. The van der Waals surface area contributed by atoms with Crippen molar-refractivity contribution in [1.82, 2.24) is 5.32 Å². The van der Waals surface area contributed by atoms with Gasteiger partial charge in [-0.25, -0.2) is 0 Å². The monoisotopic (exact) mass is 393 g/mol. The van der Waals surface area contributed by atoms with Crippen LogP contribution >= 0.6 is 43.6 Å². The normalized spacial score (nSPS) is 14.5. The smallest absolute Gasteiger partial charge is 0.0305 e. The van der Waals surface area contributed by atoms with E-state index in [2.05, 4.69) is 76.1 Å². The molecule has 1 N–H and O–H groups in total. The van der Waals surface area contributed by atoms with Crippen molar-refractivity contribution >= 4 is 43.6 Å². The second kappa shape index (κ2) is 8.62. The molecule has 1 aromatic rings. The minimum atomic E-state index is 0.370. The molecule has 0 fully saturated rings. The summed E-state index contributed by atoms with van der Waals surface area (Å²) in [5, 5.41) is 3.66. The van der Waals surface area contributed by atoms with Gasteiger partial charge in [0.25, 0.3) is 0 Å². The van der Waals surface area contributed by atoms with Crippen LogP contribution in [0.25, 0.3) is 0 Å². The molecule has 0 spiro atoms. The topological polar surface area (TPSA) is 12.0 Å². The van der Waals surface area contributed by atoms with Gasteiger partial charge in [-0.05, 0) is 49.5 Å². The van der Waals surface area contributed by atoms with E-state index in [4.69, 9.17) is 0 Å². The van der Waals surface area contributed by atoms with Gasteiger partial charge in [0.1, 0.15) is 0 Å². The van der Waals surface area contributed by atoms with Crippen LogP contribution in [-0.4, -0.2) is 17.5 Å². The Morgan fingerprint density at radius 3 is 2.61 bits per heavy atom. The Kier molecular flexibility index (Phi) is 7.92. The van der Waals surface area contributed by atoms with Crippen LogP contribution in [-0.2, 0) is 0 Å². The van der Waals surface area contributed by atoms with Crippen LogP contribution in [0, 0.1) is 0 Å². The molecule has 0 radical (unpaired) electrons. The number of nitrogens with one attached hydrogen (secondary N) is 1. The second-order valence-corrected chi connectivity index (χ2v) is 7.60. The van der Waals surface area contributed by atoms with Crippen molar-refractivity contribution < 1.29 is 0 Å². The van der Waals surface area contributed by atoms with Gasteiger partial charge < -0.3 is 5.32 Å². The highest BCUT2D eigenvalue weighted by Crippen LogP contribution is 2.27. The Morgan fingerprint density at radius 1 is 1.28 bits per heavy atom. The van der Waals surface area contributed by atoms with Crippen molar-refractivity contribution in [3.8, 4) is 0 Å². The second-order valence-electron chi connectivity index (χ2n) is 4.44. The van der Waals surface area contributed by atoms with Gasteiger partial charge in [-0.1, -0.05) is 44.8 Å². The first-order valence-electron chi connectivity index (χ1n) is 6.33. The number of thioether (sulfide) groups is 1. The van der Waals surface area contributed by atoms with E-state index in [-0.39, 0.29) is 0 Å². The summed E-state index contributed by atoms with van der Waals surface area (Å²) in [7, 11) is 0. The van der Waals surface area contributed by atoms with Crippen molar-refractivity contribution in [3.63, 3.8) is 0 Å². The van der Waals surface area contributed by atoms with Crippen molar-refractivity contribution in [2.24, 2.45) is 0 Å². The summed E-state index contributed by atoms with van der Waals surface area (Å²) in [6.07, 6.45) is 1.22. The van der Waals surface area contributed by atoms with Gasteiger partial charge in [-0.2, -0.15) is 11.8 Å². The molecule has 2 atom stereocenters. The molecular weight excluding hydrogens is 374 g/mol. The molecule has 2 unspecified atom stereocenters. The lowest BCUT2D eigenvalue weighted by molar-refractivity contribution is 0.470. The molecule has 0 aromatic heterocycles. The van der Waals surface area contributed by atoms with Crippen molar-refractivity contribution in [2.45, 2.75) is 39.3 Å². The van der Waals surface area contributed by atoms with Crippen LogP contribution in [0.5, 0.6) is 0 Å². The molecule has 0 amide bonds. The SMILES string of the molecule is CCSCCC(C)NC(C)c1ccc(Br)cc1Br. The molecule has 1 aromatic carbocycles. The Labute approximate surface area is 132 Å². The van der Waals surface area contributed by atoms with E-state index in [1.807, 2.05) is 11.8 Å². The molecule has 102 valence electrons. The molecule has 0 aliphatic heterocycles. The molecule has 1 nitrogen and oxygen atoms in total. The highest BCUT2D eigenvalue weighted by atomic mass is 79.9. The summed E-state index contributed by atoms with van der Waals surface area (Å²) < 4.78 is 2.27. The largest absolute Gasteiger partial charge is 0.308 e. The van der Waals surface area contributed by atoms with Crippen LogP contribution in [0.2, 0.25) is 0 Å². The van der Waals surface area contributed by atoms with Gasteiger partial charge in [-0.3, -0.25) is 0 Å². The molecule has 0 saturated carbocycles. The molecule has 0 aliphatic rings. The fourth-order valence-electron chi connectivity index (χ4n) is 1.86. The average molecular weight is 395 g/mol. The summed E-state index contributed by atoms with van der Waals surface area (Å²) in [5.74, 6) is 2.44. The third-order valence-electron chi connectivity index (χ3n) is 2.86. The zero-order valence-electron chi connectivity index (χ0n) is 11.2. The maximum atomic E-state index is 3.66. The van der Waals surface area contributed by atoms with Crippen molar-refractivity contribution in [3.05, 3.63) is 32.7 Å². The summed E-state index contributed by atoms with van der Waals surface area (Å²) in [5.41, 5.74) is 1.31. The maximum absolute atomic E-state index is 3.66. The van der Waals surface area contributed by atoms with Crippen LogP contribution in [0.15, 0.2) is 27.1 Å². The van der Waals surface area contributed by atoms with E-state index in [1.165, 1.54) is 23.5 Å². The highest BCUT2D eigenvalue weighted by Gasteiger charge is 2.12. The zero-order chi connectivity index (χ0) is 13.5. The first kappa shape index (κ1) is 16.5. The van der Waals surface area contributed by atoms with E-state index in [1.54, 1.807) is 0 Å². The lowest BCUT2D eigenvalue weighted by Gasteiger charge is -2.21. The van der Waals surface area contributed by atoms with Crippen LogP contribution < -0.4 is 5.32 Å². The molecular formula is C14H21Br2NS. The van der Waals surface area contributed by atoms with E-state index < -0.39 is 0 Å². The van der Waals surface area contributed by atoms with E-state index in [0.29, 0.717) is 12.1 Å². The van der Waals surface area contributed by atoms with Gasteiger partial charge in [0.05, 0.1) is 0 Å². The Hall–Kier alpha value is 0.490. The quantitative estimate of drug-likeness (QED) is 0.621. The zero-order valence-corrected chi connectivity index (χ0v) is 15.2. The average Bonchev–Trinajstić information content (AvgIpc) is 2.28. The Balaban J connectivity index is 2.51. The molecule has 4 heteroatoms. The minimum Gasteiger partial charge on any atom is -0.308 e. The summed E-state index contributed by atoms with van der Waals surface area (Å²) in [6, 6.07) is 7.28. The summed E-state index contributed by atoms with van der Waals surface area (Å²) >= 11 is 9.12. The predicted molar refractivity (Wildman–Crippen MR) is 90.5 cm³/mol. The van der Waals surface area contributed by atoms with Crippen molar-refractivity contribution in [2.75, 3.05) is 11.5 Å². The summed E-state index contributed by atoms with van der Waals surface area (Å²) in [6.45, 7) is 6.70. The van der Waals surface area contributed by atoms with Gasteiger partial charge in [0.2, 0.25) is 0 Å². The lowest BCUT2D eigenvalue weighted by Crippen LogP contribution is -2.29. The minimum absolute atomic E-state index is 0.370. The number of hydrogen-bond acceptors (Lipinski definition) is 2. The molecule has 1 rings (SSSR count). The van der Waals surface area contributed by atoms with Crippen LogP contribution in [0.3, 0.4) is 0 Å². The predicted octanol–water partition coefficient (Wildman–Crippen LogP) is 5.39. The van der Waals surface area contributed by atoms with Gasteiger partial charge in [0, 0.05) is 21.0 Å². The maximum Gasteiger partial charge on any atom is 0.0305 e. The fraction of sp³-hybridized carbons (Fsp3) is 0.571. The number of hydrogen-bond donors (Lipinski definition) is 1. The van der Waals surface area contributed by atoms with E-state index in [9.17, 15) is 0 Å². The van der Waals surface area contributed by atoms with Crippen LogP contribution in [0.1, 0.15) is 38.8 Å². The van der Waals surface area contributed by atoms with Gasteiger partial charge in [0.15, 0.2) is 0 Å². The van der Waals surface area contributed by atoms with Gasteiger partial charge in [-0.15, -0.1) is 0 Å². The Morgan fingerprint density at radius 2 is 2.00 bits per heavy atom. The standard InChI is InChI=1S/C14H21Br2NS/c1-4-18-8-7-10(2)17-11(3)13-6-5-12(15)9-14(13)16/h5-6,9-11,17H,4,7-8H2,1-3H3. The third-order valence-corrected chi connectivity index (χ3v) is 4.98. The molecule has 0 saturated heterocycles. The van der Waals surface area contributed by atoms with Gasteiger partial charge >= 0.3 is 0 Å². The van der Waals surface area contributed by atoms with E-state index in [0.717, 1.165) is 8.95 Å². The molecule has 0 heterocycles. The van der Waals surface area contributed by atoms with Crippen LogP contribution in [0.4, 0.5) is 0 Å². The van der Waals surface area contributed by atoms with E-state index >= 15 is 0 Å². The Bertz CT molecular complexity index is 371. The number of rotatable bonds is 7.